The van der Waals surface area contributed by atoms with Gasteiger partial charge in [-0.15, -0.1) is 0 Å². The summed E-state index contributed by atoms with van der Waals surface area (Å²) in [7, 11) is 1.86. The van der Waals surface area contributed by atoms with Crippen LogP contribution in [0.1, 0.15) is 20.3 Å². The maximum Gasteiger partial charge on any atom is 0.133 e. The van der Waals surface area contributed by atoms with Gasteiger partial charge in [0.15, 0.2) is 0 Å². The Hall–Kier alpha value is 0.240. The Morgan fingerprint density at radius 1 is 1.78 bits per heavy atom. The summed E-state index contributed by atoms with van der Waals surface area (Å²) in [6.45, 7) is 4.34. The summed E-state index contributed by atoms with van der Waals surface area (Å²) in [6, 6.07) is 0. The van der Waals surface area contributed by atoms with Gasteiger partial charge in [0.25, 0.3) is 0 Å². The van der Waals surface area contributed by atoms with E-state index in [0.717, 1.165) is 4.32 Å². The van der Waals surface area contributed by atoms with Gasteiger partial charge in [-0.25, -0.2) is 0 Å². The minimum Gasteiger partial charge on any atom is -0.374 e. The molecular formula is C6H13NS2. The van der Waals surface area contributed by atoms with E-state index < -0.39 is 0 Å². The quantitative estimate of drug-likeness (QED) is 0.626. The molecule has 0 heterocycles. The second kappa shape index (κ2) is 5.06. The van der Waals surface area contributed by atoms with Crippen LogP contribution in [0.2, 0.25) is 0 Å². The lowest BCUT2D eigenvalue weighted by Crippen LogP contribution is -2.14. The fourth-order valence-corrected chi connectivity index (χ4v) is 1.47. The Labute approximate surface area is 66.6 Å². The van der Waals surface area contributed by atoms with E-state index in [2.05, 4.69) is 19.2 Å². The van der Waals surface area contributed by atoms with Crippen LogP contribution >= 0.6 is 24.0 Å². The van der Waals surface area contributed by atoms with Gasteiger partial charge in [0.1, 0.15) is 4.32 Å². The lowest BCUT2D eigenvalue weighted by Gasteiger charge is -2.07. The van der Waals surface area contributed by atoms with Gasteiger partial charge < -0.3 is 5.32 Å². The molecule has 0 aliphatic carbocycles. The lowest BCUT2D eigenvalue weighted by atomic mass is 10.4. The summed E-state index contributed by atoms with van der Waals surface area (Å²) in [4.78, 5) is 0. The van der Waals surface area contributed by atoms with E-state index in [9.17, 15) is 0 Å². The third-order valence-electron chi connectivity index (χ3n) is 1.09. The number of rotatable bonds is 2. The van der Waals surface area contributed by atoms with Crippen LogP contribution in [-0.2, 0) is 0 Å². The normalized spacial score (nSPS) is 12.8. The molecule has 0 saturated carbocycles. The van der Waals surface area contributed by atoms with Gasteiger partial charge in [0.05, 0.1) is 0 Å². The topological polar surface area (TPSA) is 12.0 Å². The predicted octanol–water partition coefficient (Wildman–Crippen LogP) is 2.02. The molecule has 0 spiro atoms. The number of hydrogen-bond acceptors (Lipinski definition) is 2. The van der Waals surface area contributed by atoms with Crippen molar-refractivity contribution in [1.29, 1.82) is 0 Å². The molecule has 1 atom stereocenters. The van der Waals surface area contributed by atoms with Gasteiger partial charge in [-0.1, -0.05) is 37.8 Å². The second-order valence-corrected chi connectivity index (χ2v) is 3.99. The summed E-state index contributed by atoms with van der Waals surface area (Å²) in [5, 5.41) is 3.57. The molecule has 1 unspecified atom stereocenters. The molecule has 54 valence electrons. The smallest absolute Gasteiger partial charge is 0.133 e. The average molecular weight is 163 g/mol. The summed E-state index contributed by atoms with van der Waals surface area (Å²) in [5.74, 6) is 0. The third-order valence-corrected chi connectivity index (χ3v) is 2.73. The lowest BCUT2D eigenvalue weighted by molar-refractivity contribution is 0.910. The van der Waals surface area contributed by atoms with Gasteiger partial charge in [-0.3, -0.25) is 0 Å². The first kappa shape index (κ1) is 9.24. The predicted molar refractivity (Wildman–Crippen MR) is 49.0 cm³/mol. The van der Waals surface area contributed by atoms with E-state index in [4.69, 9.17) is 12.2 Å². The van der Waals surface area contributed by atoms with Crippen LogP contribution in [0.4, 0.5) is 0 Å². The molecule has 1 nitrogen and oxygen atoms in total. The van der Waals surface area contributed by atoms with Gasteiger partial charge >= 0.3 is 0 Å². The van der Waals surface area contributed by atoms with Crippen LogP contribution in [0.3, 0.4) is 0 Å². The summed E-state index contributed by atoms with van der Waals surface area (Å²) in [5.41, 5.74) is 0. The van der Waals surface area contributed by atoms with Crippen molar-refractivity contribution in [2.75, 3.05) is 7.05 Å². The zero-order chi connectivity index (χ0) is 7.28. The molecule has 1 N–H and O–H groups in total. The molecule has 0 fully saturated rings. The Morgan fingerprint density at radius 3 is 2.67 bits per heavy atom. The second-order valence-electron chi connectivity index (χ2n) is 1.87. The standard InChI is InChI=1S/C6H13NS2/c1-4-5(2)9-6(8)7-3/h5H,4H2,1-3H3,(H,7,8). The van der Waals surface area contributed by atoms with E-state index in [1.165, 1.54) is 6.42 Å². The van der Waals surface area contributed by atoms with Gasteiger partial charge in [0.2, 0.25) is 0 Å². The largest absolute Gasteiger partial charge is 0.374 e. The highest BCUT2D eigenvalue weighted by Gasteiger charge is 2.00. The van der Waals surface area contributed by atoms with Crippen molar-refractivity contribution in [3.63, 3.8) is 0 Å². The molecule has 0 aromatic carbocycles. The Kier molecular flexibility index (Phi) is 5.19. The Balaban J connectivity index is 3.34. The van der Waals surface area contributed by atoms with E-state index in [0.29, 0.717) is 5.25 Å². The van der Waals surface area contributed by atoms with Crippen molar-refractivity contribution in [3.05, 3.63) is 0 Å². The van der Waals surface area contributed by atoms with Gasteiger partial charge in [0, 0.05) is 12.3 Å². The zero-order valence-electron chi connectivity index (χ0n) is 6.10. The van der Waals surface area contributed by atoms with Crippen molar-refractivity contribution in [2.24, 2.45) is 0 Å². The van der Waals surface area contributed by atoms with Gasteiger partial charge in [-0.2, -0.15) is 0 Å². The molecule has 0 rings (SSSR count). The van der Waals surface area contributed by atoms with Crippen molar-refractivity contribution in [3.8, 4) is 0 Å². The van der Waals surface area contributed by atoms with Crippen LogP contribution in [-0.4, -0.2) is 16.6 Å². The zero-order valence-corrected chi connectivity index (χ0v) is 7.73. The first-order valence-corrected chi connectivity index (χ1v) is 4.37. The molecule has 0 radical (unpaired) electrons. The summed E-state index contributed by atoms with van der Waals surface area (Å²) in [6.07, 6.45) is 1.17. The first-order chi connectivity index (χ1) is 4.20. The molecule has 0 bridgehead atoms. The Bertz CT molecular complexity index is 93.1. The van der Waals surface area contributed by atoms with Crippen molar-refractivity contribution in [1.82, 2.24) is 5.32 Å². The van der Waals surface area contributed by atoms with E-state index in [1.54, 1.807) is 11.8 Å². The van der Waals surface area contributed by atoms with Crippen LogP contribution in [0.15, 0.2) is 0 Å². The molecule has 0 aliphatic heterocycles. The minimum absolute atomic E-state index is 0.643. The SMILES string of the molecule is CCC(C)SC(=S)NC. The van der Waals surface area contributed by atoms with Crippen molar-refractivity contribution >= 4 is 28.3 Å². The maximum absolute atomic E-state index is 4.95. The van der Waals surface area contributed by atoms with Crippen LogP contribution in [0.25, 0.3) is 0 Å². The summed E-state index contributed by atoms with van der Waals surface area (Å²) < 4.78 is 0.893. The van der Waals surface area contributed by atoms with E-state index in [-0.39, 0.29) is 0 Å². The number of thiocarbonyl (C=S) groups is 1. The Morgan fingerprint density at radius 2 is 2.33 bits per heavy atom. The molecule has 0 aromatic rings. The highest BCUT2D eigenvalue weighted by Crippen LogP contribution is 2.13. The molecule has 0 aliphatic rings. The maximum atomic E-state index is 4.95. The molecule has 0 amide bonds. The van der Waals surface area contributed by atoms with Crippen LogP contribution < -0.4 is 5.32 Å². The number of hydrogen-bond donors (Lipinski definition) is 1. The number of thioether (sulfide) groups is 1. The number of nitrogens with one attached hydrogen (secondary N) is 1. The highest BCUT2D eigenvalue weighted by molar-refractivity contribution is 8.23. The van der Waals surface area contributed by atoms with Crippen molar-refractivity contribution < 1.29 is 0 Å². The average Bonchev–Trinajstić information content (AvgIpc) is 1.87. The van der Waals surface area contributed by atoms with E-state index in [1.807, 2.05) is 7.05 Å². The fourth-order valence-electron chi connectivity index (χ4n) is 0.325. The molecule has 9 heavy (non-hydrogen) atoms. The monoisotopic (exact) mass is 163 g/mol. The molecule has 0 aromatic heterocycles. The van der Waals surface area contributed by atoms with Crippen LogP contribution in [0.5, 0.6) is 0 Å². The molecule has 0 saturated heterocycles. The fraction of sp³-hybridized carbons (Fsp3) is 0.833. The summed E-state index contributed by atoms with van der Waals surface area (Å²) >= 11 is 6.67. The third kappa shape index (κ3) is 4.73. The van der Waals surface area contributed by atoms with Crippen molar-refractivity contribution in [2.45, 2.75) is 25.5 Å². The minimum atomic E-state index is 0.643. The molecule has 3 heteroatoms. The first-order valence-electron chi connectivity index (χ1n) is 3.09. The molecular weight excluding hydrogens is 150 g/mol. The van der Waals surface area contributed by atoms with E-state index >= 15 is 0 Å². The highest BCUT2D eigenvalue weighted by atomic mass is 32.2. The van der Waals surface area contributed by atoms with Crippen LogP contribution in [0, 0.1) is 0 Å². The van der Waals surface area contributed by atoms with Gasteiger partial charge in [-0.05, 0) is 6.42 Å².